The van der Waals surface area contributed by atoms with Crippen molar-refractivity contribution in [1.29, 1.82) is 0 Å². The van der Waals surface area contributed by atoms with Crippen LogP contribution in [-0.4, -0.2) is 25.5 Å². The van der Waals surface area contributed by atoms with Crippen LogP contribution in [0.3, 0.4) is 0 Å². The second-order valence-electron chi connectivity index (χ2n) is 5.80. The van der Waals surface area contributed by atoms with Crippen molar-refractivity contribution < 1.29 is 22.7 Å². The Hall–Kier alpha value is -2.25. The number of hydrogen-bond acceptors (Lipinski definition) is 3. The average Bonchev–Trinajstić information content (AvgIpc) is 2.55. The van der Waals surface area contributed by atoms with E-state index in [4.69, 9.17) is 5.11 Å². The summed E-state index contributed by atoms with van der Waals surface area (Å²) < 4.78 is 41.5. The van der Waals surface area contributed by atoms with E-state index in [1.54, 1.807) is 0 Å². The predicted octanol–water partition coefficient (Wildman–Crippen LogP) is 2.89. The molecule has 0 radical (unpaired) electrons. The van der Waals surface area contributed by atoms with Gasteiger partial charge < -0.3 is 5.11 Å². The number of benzene rings is 2. The first-order valence-corrected chi connectivity index (χ1v) is 9.31. The van der Waals surface area contributed by atoms with Gasteiger partial charge in [-0.1, -0.05) is 36.4 Å². The van der Waals surface area contributed by atoms with Gasteiger partial charge in [-0.2, -0.15) is 0 Å². The molecule has 0 aliphatic rings. The molecule has 5 nitrogen and oxygen atoms in total. The van der Waals surface area contributed by atoms with Crippen molar-refractivity contribution in [1.82, 2.24) is 4.72 Å². The minimum Gasteiger partial charge on any atom is -0.481 e. The Bertz CT molecular complexity index is 837. The van der Waals surface area contributed by atoms with Crippen LogP contribution in [0.1, 0.15) is 24.0 Å². The normalized spacial score (nSPS) is 12.7. The number of aliphatic carboxylic acids is 1. The summed E-state index contributed by atoms with van der Waals surface area (Å²) in [6, 6.07) is 12.4. The van der Waals surface area contributed by atoms with E-state index < -0.39 is 27.9 Å². The quantitative estimate of drug-likeness (QED) is 0.753. The summed E-state index contributed by atoms with van der Waals surface area (Å²) in [7, 11) is -3.96. The fourth-order valence-electron chi connectivity index (χ4n) is 2.56. The molecule has 7 heteroatoms. The van der Waals surface area contributed by atoms with E-state index in [9.17, 15) is 17.6 Å². The highest BCUT2D eigenvalue weighted by molar-refractivity contribution is 7.89. The first kappa shape index (κ1) is 19.1. The van der Waals surface area contributed by atoms with Crippen LogP contribution in [0.15, 0.2) is 53.4 Å². The molecule has 25 heavy (non-hydrogen) atoms. The summed E-state index contributed by atoms with van der Waals surface area (Å²) in [6.07, 6.45) is 0.321. The average molecular weight is 365 g/mol. The van der Waals surface area contributed by atoms with E-state index in [-0.39, 0.29) is 23.3 Å². The Kier molecular flexibility index (Phi) is 6.27. The van der Waals surface area contributed by atoms with Crippen molar-refractivity contribution in [3.05, 3.63) is 65.5 Å². The van der Waals surface area contributed by atoms with E-state index in [2.05, 4.69) is 4.72 Å². The Morgan fingerprint density at radius 1 is 1.16 bits per heavy atom. The molecule has 2 N–H and O–H groups in total. The van der Waals surface area contributed by atoms with Crippen LogP contribution in [0.4, 0.5) is 4.39 Å². The van der Waals surface area contributed by atoms with Gasteiger partial charge >= 0.3 is 5.97 Å². The Labute approximate surface area is 146 Å². The highest BCUT2D eigenvalue weighted by atomic mass is 32.2. The second-order valence-corrected chi connectivity index (χ2v) is 7.49. The van der Waals surface area contributed by atoms with Crippen LogP contribution in [0.5, 0.6) is 0 Å². The third-order valence-electron chi connectivity index (χ3n) is 3.86. The van der Waals surface area contributed by atoms with Crippen molar-refractivity contribution in [2.24, 2.45) is 0 Å². The molecule has 0 aliphatic heterocycles. The lowest BCUT2D eigenvalue weighted by molar-refractivity contribution is -0.137. The zero-order chi connectivity index (χ0) is 18.4. The molecule has 0 aliphatic carbocycles. The summed E-state index contributed by atoms with van der Waals surface area (Å²) in [5.74, 6) is -1.60. The van der Waals surface area contributed by atoms with E-state index in [0.717, 1.165) is 5.56 Å². The van der Waals surface area contributed by atoms with Gasteiger partial charge in [0.1, 0.15) is 5.82 Å². The molecule has 0 saturated heterocycles. The number of nitrogens with one attached hydrogen (secondary N) is 1. The number of carboxylic acids is 1. The van der Waals surface area contributed by atoms with E-state index >= 15 is 0 Å². The van der Waals surface area contributed by atoms with Gasteiger partial charge in [-0.15, -0.1) is 0 Å². The maximum atomic E-state index is 13.7. The van der Waals surface area contributed by atoms with Crippen LogP contribution in [0.2, 0.25) is 0 Å². The molecule has 0 bridgehead atoms. The molecule has 0 fully saturated rings. The van der Waals surface area contributed by atoms with Gasteiger partial charge in [0.15, 0.2) is 0 Å². The van der Waals surface area contributed by atoms with Crippen LogP contribution in [0, 0.1) is 12.7 Å². The standard InChI is InChI=1S/C18H20FNO4S/c1-13-16(19)8-5-9-17(13)25(23,24)20-15(10-11-18(21)22)12-14-6-3-2-4-7-14/h2-9,15,20H,10-12H2,1H3,(H,21,22). The Morgan fingerprint density at radius 3 is 2.48 bits per heavy atom. The van der Waals surface area contributed by atoms with Crippen molar-refractivity contribution in [3.8, 4) is 0 Å². The SMILES string of the molecule is Cc1c(F)cccc1S(=O)(=O)NC(CCC(=O)O)Cc1ccccc1. The molecule has 1 unspecified atom stereocenters. The highest BCUT2D eigenvalue weighted by Crippen LogP contribution is 2.19. The Balaban J connectivity index is 2.24. The van der Waals surface area contributed by atoms with E-state index in [0.29, 0.717) is 6.42 Å². The highest BCUT2D eigenvalue weighted by Gasteiger charge is 2.23. The molecule has 0 spiro atoms. The van der Waals surface area contributed by atoms with Crippen molar-refractivity contribution in [2.75, 3.05) is 0 Å². The van der Waals surface area contributed by atoms with Gasteiger partial charge in [0.25, 0.3) is 0 Å². The van der Waals surface area contributed by atoms with Gasteiger partial charge in [-0.25, -0.2) is 17.5 Å². The molecule has 2 rings (SSSR count). The topological polar surface area (TPSA) is 83.5 Å². The fraction of sp³-hybridized carbons (Fsp3) is 0.278. The molecule has 0 saturated carbocycles. The van der Waals surface area contributed by atoms with Crippen LogP contribution < -0.4 is 4.72 Å². The van der Waals surface area contributed by atoms with Crippen LogP contribution in [-0.2, 0) is 21.2 Å². The zero-order valence-corrected chi connectivity index (χ0v) is 14.6. The lowest BCUT2D eigenvalue weighted by Gasteiger charge is -2.19. The summed E-state index contributed by atoms with van der Waals surface area (Å²) in [6.45, 7) is 1.40. The van der Waals surface area contributed by atoms with Gasteiger partial charge in [-0.3, -0.25) is 4.79 Å². The summed E-state index contributed by atoms with van der Waals surface area (Å²) >= 11 is 0. The van der Waals surface area contributed by atoms with Crippen molar-refractivity contribution >= 4 is 16.0 Å². The van der Waals surface area contributed by atoms with Crippen LogP contribution in [0.25, 0.3) is 0 Å². The smallest absolute Gasteiger partial charge is 0.303 e. The monoisotopic (exact) mass is 365 g/mol. The van der Waals surface area contributed by atoms with Gasteiger partial charge in [0.2, 0.25) is 10.0 Å². The number of halogens is 1. The molecule has 2 aromatic rings. The molecule has 2 aromatic carbocycles. The van der Waals surface area contributed by atoms with E-state index in [1.165, 1.54) is 25.1 Å². The fourth-order valence-corrected chi connectivity index (χ4v) is 4.09. The zero-order valence-electron chi connectivity index (χ0n) is 13.8. The lowest BCUT2D eigenvalue weighted by Crippen LogP contribution is -2.37. The third kappa shape index (κ3) is 5.37. The number of carboxylic acid groups (broad SMARTS) is 1. The first-order valence-electron chi connectivity index (χ1n) is 7.83. The summed E-state index contributed by atoms with van der Waals surface area (Å²) in [5.41, 5.74) is 0.920. The van der Waals surface area contributed by atoms with Gasteiger partial charge in [-0.05, 0) is 37.5 Å². The molecule has 0 heterocycles. The maximum Gasteiger partial charge on any atom is 0.303 e. The summed E-state index contributed by atoms with van der Waals surface area (Å²) in [4.78, 5) is 10.7. The first-order chi connectivity index (χ1) is 11.8. The third-order valence-corrected chi connectivity index (χ3v) is 5.53. The molecular weight excluding hydrogens is 345 g/mol. The van der Waals surface area contributed by atoms with Gasteiger partial charge in [0.05, 0.1) is 4.90 Å². The second kappa shape index (κ2) is 8.22. The largest absolute Gasteiger partial charge is 0.481 e. The minimum absolute atomic E-state index is 0.0340. The molecule has 0 amide bonds. The maximum absolute atomic E-state index is 13.7. The van der Waals surface area contributed by atoms with Crippen molar-refractivity contribution in [3.63, 3.8) is 0 Å². The molecular formula is C18H20FNO4S. The molecule has 134 valence electrons. The predicted molar refractivity (Wildman–Crippen MR) is 92.3 cm³/mol. The van der Waals surface area contributed by atoms with Crippen LogP contribution >= 0.6 is 0 Å². The number of sulfonamides is 1. The van der Waals surface area contributed by atoms with Gasteiger partial charge in [0, 0.05) is 18.0 Å². The molecule has 1 atom stereocenters. The lowest BCUT2D eigenvalue weighted by atomic mass is 10.0. The minimum atomic E-state index is -3.96. The number of hydrogen-bond donors (Lipinski definition) is 2. The van der Waals surface area contributed by atoms with E-state index in [1.807, 2.05) is 30.3 Å². The molecule has 0 aromatic heterocycles. The number of carbonyl (C=O) groups is 1. The summed E-state index contributed by atoms with van der Waals surface area (Å²) in [5, 5.41) is 8.90. The Morgan fingerprint density at radius 2 is 1.84 bits per heavy atom. The van der Waals surface area contributed by atoms with Crippen molar-refractivity contribution in [2.45, 2.75) is 37.1 Å². The number of rotatable bonds is 8.